The van der Waals surface area contributed by atoms with Gasteiger partial charge < -0.3 is 14.6 Å². The third kappa shape index (κ3) is 3.02. The summed E-state index contributed by atoms with van der Waals surface area (Å²) in [5.74, 6) is 1.88. The molecule has 0 unspecified atom stereocenters. The zero-order chi connectivity index (χ0) is 18.2. The number of anilines is 1. The molecule has 5 rings (SSSR count). The SMILES string of the molecule is COc1ccc2[nH]c3c(N4CCN(C5CCCCC5)CC4)ncnc3c2c1. The van der Waals surface area contributed by atoms with E-state index in [-0.39, 0.29) is 0 Å². The van der Waals surface area contributed by atoms with Gasteiger partial charge in [0.15, 0.2) is 5.82 Å². The Morgan fingerprint density at radius 2 is 1.85 bits per heavy atom. The predicted molar refractivity (Wildman–Crippen MR) is 109 cm³/mol. The van der Waals surface area contributed by atoms with E-state index in [1.165, 1.54) is 32.1 Å². The number of ether oxygens (including phenoxy) is 1. The van der Waals surface area contributed by atoms with Crippen LogP contribution in [0.15, 0.2) is 24.5 Å². The van der Waals surface area contributed by atoms with Crippen molar-refractivity contribution in [2.45, 2.75) is 38.1 Å². The molecule has 27 heavy (non-hydrogen) atoms. The Balaban J connectivity index is 1.42. The third-order valence-corrected chi connectivity index (χ3v) is 6.27. The average Bonchev–Trinajstić information content (AvgIpc) is 3.12. The van der Waals surface area contributed by atoms with Crippen molar-refractivity contribution >= 4 is 27.8 Å². The molecule has 1 aliphatic heterocycles. The van der Waals surface area contributed by atoms with Crippen molar-refractivity contribution < 1.29 is 4.74 Å². The molecular weight excluding hydrogens is 338 g/mol. The Kier molecular flexibility index (Phi) is 4.36. The highest BCUT2D eigenvalue weighted by Crippen LogP contribution is 2.32. The molecule has 3 aromatic rings. The number of H-pyrrole nitrogens is 1. The second-order valence-electron chi connectivity index (χ2n) is 7.77. The molecule has 6 heteroatoms. The van der Waals surface area contributed by atoms with Crippen LogP contribution in [0.25, 0.3) is 21.9 Å². The molecule has 2 fully saturated rings. The van der Waals surface area contributed by atoms with Crippen molar-refractivity contribution in [1.29, 1.82) is 0 Å². The number of aromatic nitrogens is 3. The number of rotatable bonds is 3. The molecule has 0 bridgehead atoms. The molecule has 6 nitrogen and oxygen atoms in total. The van der Waals surface area contributed by atoms with Crippen LogP contribution in [0, 0.1) is 0 Å². The summed E-state index contributed by atoms with van der Waals surface area (Å²) in [6.07, 6.45) is 8.66. The summed E-state index contributed by atoms with van der Waals surface area (Å²) in [5, 5.41) is 1.09. The van der Waals surface area contributed by atoms with E-state index < -0.39 is 0 Å². The maximum atomic E-state index is 5.38. The number of aromatic amines is 1. The van der Waals surface area contributed by atoms with Crippen molar-refractivity contribution in [3.05, 3.63) is 24.5 Å². The summed E-state index contributed by atoms with van der Waals surface area (Å²) in [7, 11) is 1.70. The highest BCUT2D eigenvalue weighted by atomic mass is 16.5. The number of fused-ring (bicyclic) bond motifs is 3. The predicted octanol–water partition coefficient (Wildman–Crippen LogP) is 3.57. The quantitative estimate of drug-likeness (QED) is 0.769. The van der Waals surface area contributed by atoms with Crippen molar-refractivity contribution in [3.63, 3.8) is 0 Å². The second kappa shape index (κ2) is 7.00. The van der Waals surface area contributed by atoms with Gasteiger partial charge in [0.25, 0.3) is 0 Å². The van der Waals surface area contributed by atoms with E-state index in [1.807, 2.05) is 12.1 Å². The Morgan fingerprint density at radius 1 is 1.04 bits per heavy atom. The fourth-order valence-corrected chi connectivity index (χ4v) is 4.77. The summed E-state index contributed by atoms with van der Waals surface area (Å²) in [6.45, 7) is 4.32. The molecule has 1 aromatic carbocycles. The Bertz CT molecular complexity index is 938. The minimum Gasteiger partial charge on any atom is -0.497 e. The van der Waals surface area contributed by atoms with Crippen LogP contribution in [0.1, 0.15) is 32.1 Å². The highest BCUT2D eigenvalue weighted by Gasteiger charge is 2.26. The summed E-state index contributed by atoms with van der Waals surface area (Å²) in [6, 6.07) is 6.88. The van der Waals surface area contributed by atoms with E-state index in [0.717, 1.165) is 65.7 Å². The second-order valence-corrected chi connectivity index (χ2v) is 7.77. The van der Waals surface area contributed by atoms with Crippen LogP contribution in [0.4, 0.5) is 5.82 Å². The molecule has 0 spiro atoms. The molecule has 0 atom stereocenters. The van der Waals surface area contributed by atoms with E-state index in [9.17, 15) is 0 Å². The maximum Gasteiger partial charge on any atom is 0.156 e. The Hall–Kier alpha value is -2.34. The van der Waals surface area contributed by atoms with Gasteiger partial charge in [-0.05, 0) is 31.0 Å². The lowest BCUT2D eigenvalue weighted by Crippen LogP contribution is -2.51. The minimum atomic E-state index is 0.798. The van der Waals surface area contributed by atoms with Crippen LogP contribution in [-0.4, -0.2) is 59.2 Å². The smallest absolute Gasteiger partial charge is 0.156 e. The van der Waals surface area contributed by atoms with Crippen molar-refractivity contribution in [3.8, 4) is 5.75 Å². The summed E-state index contributed by atoms with van der Waals surface area (Å²) >= 11 is 0. The van der Waals surface area contributed by atoms with E-state index in [2.05, 4.69) is 30.8 Å². The average molecular weight is 365 g/mol. The minimum absolute atomic E-state index is 0.798. The third-order valence-electron chi connectivity index (χ3n) is 6.27. The lowest BCUT2D eigenvalue weighted by Gasteiger charge is -2.41. The van der Waals surface area contributed by atoms with Gasteiger partial charge in [-0.25, -0.2) is 9.97 Å². The summed E-state index contributed by atoms with van der Waals surface area (Å²) in [4.78, 5) is 17.8. The number of benzene rings is 1. The lowest BCUT2D eigenvalue weighted by molar-refractivity contribution is 0.148. The molecule has 1 N–H and O–H groups in total. The monoisotopic (exact) mass is 365 g/mol. The topological polar surface area (TPSA) is 57.3 Å². The molecule has 1 saturated carbocycles. The number of hydrogen-bond acceptors (Lipinski definition) is 5. The van der Waals surface area contributed by atoms with Crippen molar-refractivity contribution in [2.24, 2.45) is 0 Å². The standard InChI is InChI=1S/C21H27N5O/c1-27-16-7-8-18-17(13-16)19-20(24-18)21(23-14-22-19)26-11-9-25(10-12-26)15-5-3-2-4-6-15/h7-8,13-15,24H,2-6,9-12H2,1H3. The van der Waals surface area contributed by atoms with Gasteiger partial charge in [0.05, 0.1) is 7.11 Å². The van der Waals surface area contributed by atoms with Crippen LogP contribution in [0.2, 0.25) is 0 Å². The zero-order valence-electron chi connectivity index (χ0n) is 15.9. The molecule has 2 aromatic heterocycles. The van der Waals surface area contributed by atoms with E-state index in [0.29, 0.717) is 0 Å². The molecule has 2 aliphatic rings. The van der Waals surface area contributed by atoms with Gasteiger partial charge in [0.2, 0.25) is 0 Å². The van der Waals surface area contributed by atoms with Crippen LogP contribution >= 0.6 is 0 Å². The van der Waals surface area contributed by atoms with Crippen LogP contribution in [-0.2, 0) is 0 Å². The first kappa shape index (κ1) is 16.8. The first-order valence-electron chi connectivity index (χ1n) is 10.1. The van der Waals surface area contributed by atoms with E-state index in [4.69, 9.17) is 4.74 Å². The Labute approximate surface area is 159 Å². The van der Waals surface area contributed by atoms with Crippen molar-refractivity contribution in [2.75, 3.05) is 38.2 Å². The van der Waals surface area contributed by atoms with Gasteiger partial charge in [0.1, 0.15) is 23.1 Å². The van der Waals surface area contributed by atoms with Gasteiger partial charge >= 0.3 is 0 Å². The fraction of sp³-hybridized carbons (Fsp3) is 0.524. The largest absolute Gasteiger partial charge is 0.497 e. The van der Waals surface area contributed by atoms with Gasteiger partial charge in [0, 0.05) is 43.1 Å². The number of nitrogens with one attached hydrogen (secondary N) is 1. The molecule has 1 saturated heterocycles. The van der Waals surface area contributed by atoms with E-state index >= 15 is 0 Å². The van der Waals surface area contributed by atoms with Crippen LogP contribution < -0.4 is 9.64 Å². The van der Waals surface area contributed by atoms with Crippen LogP contribution in [0.3, 0.4) is 0 Å². The number of nitrogens with zero attached hydrogens (tertiary/aromatic N) is 4. The molecule has 3 heterocycles. The molecule has 142 valence electrons. The Morgan fingerprint density at radius 3 is 2.63 bits per heavy atom. The molecule has 0 amide bonds. The zero-order valence-corrected chi connectivity index (χ0v) is 15.9. The molecule has 0 radical (unpaired) electrons. The van der Waals surface area contributed by atoms with Gasteiger partial charge in [-0.2, -0.15) is 0 Å². The van der Waals surface area contributed by atoms with Crippen LogP contribution in [0.5, 0.6) is 5.75 Å². The van der Waals surface area contributed by atoms with Crippen molar-refractivity contribution in [1.82, 2.24) is 19.9 Å². The fourth-order valence-electron chi connectivity index (χ4n) is 4.77. The van der Waals surface area contributed by atoms with E-state index in [1.54, 1.807) is 13.4 Å². The first-order chi connectivity index (χ1) is 13.3. The highest BCUT2D eigenvalue weighted by molar-refractivity contribution is 6.08. The maximum absolute atomic E-state index is 5.38. The number of piperazine rings is 1. The van der Waals surface area contributed by atoms with Gasteiger partial charge in [-0.15, -0.1) is 0 Å². The lowest BCUT2D eigenvalue weighted by atomic mass is 9.94. The summed E-state index contributed by atoms with van der Waals surface area (Å²) in [5.41, 5.74) is 3.09. The number of methoxy groups -OCH3 is 1. The summed E-state index contributed by atoms with van der Waals surface area (Å²) < 4.78 is 5.38. The molecular formula is C21H27N5O. The normalized spacial score (nSPS) is 19.8. The number of hydrogen-bond donors (Lipinski definition) is 1. The van der Waals surface area contributed by atoms with Gasteiger partial charge in [-0.1, -0.05) is 19.3 Å². The first-order valence-corrected chi connectivity index (χ1v) is 10.1. The molecule has 1 aliphatic carbocycles. The van der Waals surface area contributed by atoms with Gasteiger partial charge in [-0.3, -0.25) is 4.90 Å².